The minimum atomic E-state index is -0.460. The lowest BCUT2D eigenvalue weighted by Gasteiger charge is -2.09. The number of aryl methyl sites for hydroxylation is 1. The molecule has 84 valence electrons. The van der Waals surface area contributed by atoms with E-state index in [1.807, 2.05) is 43.3 Å². The lowest BCUT2D eigenvalue weighted by Crippen LogP contribution is -1.99. The predicted molar refractivity (Wildman–Crippen MR) is 69.2 cm³/mol. The van der Waals surface area contributed by atoms with Crippen molar-refractivity contribution < 1.29 is 5.11 Å². The third-order valence-corrected chi connectivity index (χ3v) is 3.93. The second-order valence-electron chi connectivity index (χ2n) is 3.76. The normalized spacial score (nSPS) is 12.7. The van der Waals surface area contributed by atoms with Gasteiger partial charge in [-0.2, -0.15) is 0 Å². The molecular formula is C13H13ClOS. The molecule has 0 aliphatic carbocycles. The third-order valence-electron chi connectivity index (χ3n) is 2.46. The summed E-state index contributed by atoms with van der Waals surface area (Å²) in [5, 5.41) is 10.8. The first-order chi connectivity index (χ1) is 7.66. The van der Waals surface area contributed by atoms with Gasteiger partial charge in [0.2, 0.25) is 0 Å². The van der Waals surface area contributed by atoms with Crippen LogP contribution in [0.25, 0.3) is 0 Å². The smallest absolute Gasteiger partial charge is 0.0922 e. The quantitative estimate of drug-likeness (QED) is 0.876. The maximum Gasteiger partial charge on any atom is 0.0922 e. The van der Waals surface area contributed by atoms with Crippen LogP contribution in [0, 0.1) is 6.92 Å². The molecular weight excluding hydrogens is 240 g/mol. The van der Waals surface area contributed by atoms with E-state index < -0.39 is 6.10 Å². The molecule has 0 fully saturated rings. The Bertz CT molecular complexity index is 478. The van der Waals surface area contributed by atoms with E-state index in [2.05, 4.69) is 0 Å². The Balaban J connectivity index is 2.13. The summed E-state index contributed by atoms with van der Waals surface area (Å²) < 4.78 is 0. The van der Waals surface area contributed by atoms with Crippen LogP contribution in [0.15, 0.2) is 36.4 Å². The van der Waals surface area contributed by atoms with Crippen molar-refractivity contribution in [2.24, 2.45) is 0 Å². The van der Waals surface area contributed by atoms with Crippen LogP contribution >= 0.6 is 22.9 Å². The molecule has 1 nitrogen and oxygen atoms in total. The Labute approximate surface area is 104 Å². The second-order valence-corrected chi connectivity index (χ2v) is 5.49. The van der Waals surface area contributed by atoms with E-state index in [0.29, 0.717) is 6.42 Å². The van der Waals surface area contributed by atoms with Gasteiger partial charge < -0.3 is 5.11 Å². The van der Waals surface area contributed by atoms with Crippen LogP contribution in [0.1, 0.15) is 21.4 Å². The molecule has 1 N–H and O–H groups in total. The SMILES string of the molecule is Cc1ccc(C(O)Cc2ccccc2Cl)s1. The fourth-order valence-electron chi connectivity index (χ4n) is 1.61. The molecule has 0 aliphatic rings. The van der Waals surface area contributed by atoms with E-state index in [9.17, 15) is 5.11 Å². The minimum absolute atomic E-state index is 0.460. The summed E-state index contributed by atoms with van der Waals surface area (Å²) in [5.41, 5.74) is 0.989. The van der Waals surface area contributed by atoms with E-state index in [0.717, 1.165) is 15.5 Å². The van der Waals surface area contributed by atoms with E-state index in [-0.39, 0.29) is 0 Å². The zero-order chi connectivity index (χ0) is 11.5. The fraction of sp³-hybridized carbons (Fsp3) is 0.231. The van der Waals surface area contributed by atoms with Crippen LogP contribution in [0.4, 0.5) is 0 Å². The number of hydrogen-bond acceptors (Lipinski definition) is 2. The van der Waals surface area contributed by atoms with Crippen molar-refractivity contribution in [1.82, 2.24) is 0 Å². The molecule has 16 heavy (non-hydrogen) atoms. The molecule has 0 aliphatic heterocycles. The van der Waals surface area contributed by atoms with Crippen LogP contribution in [0.3, 0.4) is 0 Å². The summed E-state index contributed by atoms with van der Waals surface area (Å²) in [6.07, 6.45) is 0.109. The maximum atomic E-state index is 10.1. The average molecular weight is 253 g/mol. The van der Waals surface area contributed by atoms with Crippen molar-refractivity contribution in [2.75, 3.05) is 0 Å². The molecule has 0 saturated heterocycles. The van der Waals surface area contributed by atoms with E-state index in [1.54, 1.807) is 11.3 Å². The largest absolute Gasteiger partial charge is 0.387 e. The summed E-state index contributed by atoms with van der Waals surface area (Å²) >= 11 is 7.68. The second kappa shape index (κ2) is 5.00. The van der Waals surface area contributed by atoms with Crippen molar-refractivity contribution in [3.05, 3.63) is 56.7 Å². The van der Waals surface area contributed by atoms with E-state index in [1.165, 1.54) is 4.88 Å². The van der Waals surface area contributed by atoms with Gasteiger partial charge in [0.05, 0.1) is 6.10 Å². The van der Waals surface area contributed by atoms with Crippen LogP contribution in [-0.4, -0.2) is 5.11 Å². The lowest BCUT2D eigenvalue weighted by atomic mass is 10.1. The molecule has 1 unspecified atom stereocenters. The van der Waals surface area contributed by atoms with Gasteiger partial charge in [0, 0.05) is 21.2 Å². The first-order valence-corrected chi connectivity index (χ1v) is 6.34. The van der Waals surface area contributed by atoms with Crippen LogP contribution in [0.2, 0.25) is 5.02 Å². The number of halogens is 1. The van der Waals surface area contributed by atoms with Gasteiger partial charge in [-0.05, 0) is 30.7 Å². The van der Waals surface area contributed by atoms with Gasteiger partial charge >= 0.3 is 0 Å². The molecule has 0 spiro atoms. The first-order valence-electron chi connectivity index (χ1n) is 5.14. The molecule has 2 aromatic rings. The van der Waals surface area contributed by atoms with Crippen molar-refractivity contribution in [1.29, 1.82) is 0 Å². The Kier molecular flexibility index (Phi) is 3.64. The number of aliphatic hydroxyl groups is 1. The molecule has 1 aromatic carbocycles. The number of aliphatic hydroxyl groups excluding tert-OH is 1. The highest BCUT2D eigenvalue weighted by molar-refractivity contribution is 7.12. The molecule has 0 bridgehead atoms. The zero-order valence-corrected chi connectivity index (χ0v) is 10.6. The molecule has 3 heteroatoms. The Morgan fingerprint density at radius 1 is 1.25 bits per heavy atom. The number of hydrogen-bond donors (Lipinski definition) is 1. The molecule has 0 saturated carbocycles. The van der Waals surface area contributed by atoms with Crippen LogP contribution in [-0.2, 0) is 6.42 Å². The molecule has 2 rings (SSSR count). The van der Waals surface area contributed by atoms with Gasteiger partial charge in [0.25, 0.3) is 0 Å². The van der Waals surface area contributed by atoms with Gasteiger partial charge in [-0.3, -0.25) is 0 Å². The minimum Gasteiger partial charge on any atom is -0.387 e. The third kappa shape index (κ3) is 2.64. The fourth-order valence-corrected chi connectivity index (χ4v) is 2.68. The van der Waals surface area contributed by atoms with Crippen molar-refractivity contribution in [3.8, 4) is 0 Å². The topological polar surface area (TPSA) is 20.2 Å². The van der Waals surface area contributed by atoms with E-state index >= 15 is 0 Å². The molecule has 1 heterocycles. The van der Waals surface area contributed by atoms with Gasteiger partial charge in [0.1, 0.15) is 0 Å². The van der Waals surface area contributed by atoms with Crippen molar-refractivity contribution >= 4 is 22.9 Å². The Hall–Kier alpha value is -0.830. The van der Waals surface area contributed by atoms with Crippen molar-refractivity contribution in [2.45, 2.75) is 19.4 Å². The zero-order valence-electron chi connectivity index (χ0n) is 8.98. The molecule has 0 amide bonds. The molecule has 0 radical (unpaired) electrons. The first kappa shape index (κ1) is 11.6. The number of thiophene rings is 1. The van der Waals surface area contributed by atoms with Crippen LogP contribution < -0.4 is 0 Å². The summed E-state index contributed by atoms with van der Waals surface area (Å²) in [5.74, 6) is 0. The van der Waals surface area contributed by atoms with E-state index in [4.69, 9.17) is 11.6 Å². The highest BCUT2D eigenvalue weighted by Gasteiger charge is 2.12. The Morgan fingerprint density at radius 3 is 2.62 bits per heavy atom. The molecule has 1 atom stereocenters. The summed E-state index contributed by atoms with van der Waals surface area (Å²) in [6.45, 7) is 2.04. The number of benzene rings is 1. The van der Waals surface area contributed by atoms with Gasteiger partial charge in [-0.25, -0.2) is 0 Å². The summed E-state index contributed by atoms with van der Waals surface area (Å²) in [4.78, 5) is 2.21. The summed E-state index contributed by atoms with van der Waals surface area (Å²) in [6, 6.07) is 11.6. The highest BCUT2D eigenvalue weighted by atomic mass is 35.5. The predicted octanol–water partition coefficient (Wildman–Crippen LogP) is 3.99. The lowest BCUT2D eigenvalue weighted by molar-refractivity contribution is 0.182. The van der Waals surface area contributed by atoms with Gasteiger partial charge in [-0.15, -0.1) is 11.3 Å². The van der Waals surface area contributed by atoms with Gasteiger partial charge in [0.15, 0.2) is 0 Å². The highest BCUT2D eigenvalue weighted by Crippen LogP contribution is 2.27. The van der Waals surface area contributed by atoms with Crippen molar-refractivity contribution in [3.63, 3.8) is 0 Å². The molecule has 1 aromatic heterocycles. The standard InChI is InChI=1S/C13H13ClOS/c1-9-6-7-13(16-9)12(15)8-10-4-2-3-5-11(10)14/h2-7,12,15H,8H2,1H3. The average Bonchev–Trinajstić information content (AvgIpc) is 2.68. The van der Waals surface area contributed by atoms with Crippen LogP contribution in [0.5, 0.6) is 0 Å². The number of rotatable bonds is 3. The summed E-state index contributed by atoms with van der Waals surface area (Å²) in [7, 11) is 0. The Morgan fingerprint density at radius 2 is 2.00 bits per heavy atom. The van der Waals surface area contributed by atoms with Gasteiger partial charge in [-0.1, -0.05) is 29.8 Å². The monoisotopic (exact) mass is 252 g/mol. The maximum absolute atomic E-state index is 10.1.